The summed E-state index contributed by atoms with van der Waals surface area (Å²) in [6, 6.07) is 16.2. The van der Waals surface area contributed by atoms with Crippen molar-refractivity contribution in [3.05, 3.63) is 54.1 Å². The Morgan fingerprint density at radius 3 is 2.60 bits per heavy atom. The van der Waals surface area contributed by atoms with Crippen LogP contribution >= 0.6 is 0 Å². The molecule has 3 heteroatoms. The molecule has 1 N–H and O–H groups in total. The fourth-order valence-electron chi connectivity index (χ4n) is 2.33. The highest BCUT2D eigenvalue weighted by Gasteiger charge is 2.20. The lowest BCUT2D eigenvalue weighted by Crippen LogP contribution is -2.23. The number of anilines is 1. The minimum Gasteiger partial charge on any atom is -0.491 e. The normalized spacial score (nSPS) is 17.1. The van der Waals surface area contributed by atoms with Gasteiger partial charge in [-0.05, 0) is 43.7 Å². The van der Waals surface area contributed by atoms with Crippen LogP contribution in [0.4, 0.5) is 5.69 Å². The number of rotatable bonds is 3. The average Bonchev–Trinajstić information content (AvgIpc) is 2.47. The van der Waals surface area contributed by atoms with Gasteiger partial charge in [-0.15, -0.1) is 0 Å². The number of ether oxygens (including phenoxy) is 2. The molecule has 3 rings (SSSR count). The van der Waals surface area contributed by atoms with Crippen molar-refractivity contribution >= 4 is 5.69 Å². The van der Waals surface area contributed by atoms with E-state index in [0.29, 0.717) is 0 Å². The van der Waals surface area contributed by atoms with E-state index in [9.17, 15) is 0 Å². The summed E-state index contributed by atoms with van der Waals surface area (Å²) in [6.07, 6.45) is 0.235. The molecule has 0 aromatic heterocycles. The van der Waals surface area contributed by atoms with Crippen LogP contribution in [0.5, 0.6) is 11.5 Å². The molecule has 2 aromatic carbocycles. The van der Waals surface area contributed by atoms with E-state index in [-0.39, 0.29) is 12.2 Å². The Hall–Kier alpha value is -2.16. The number of nitrogens with one attached hydrogen (secondary N) is 1. The van der Waals surface area contributed by atoms with Crippen LogP contribution in [-0.4, -0.2) is 12.6 Å². The number of fused-ring (bicyclic) bond motifs is 1. The molecule has 0 amide bonds. The molecule has 0 saturated carbocycles. The van der Waals surface area contributed by atoms with Gasteiger partial charge in [0.2, 0.25) is 0 Å². The molecule has 2 aromatic rings. The van der Waals surface area contributed by atoms with Gasteiger partial charge in [-0.3, -0.25) is 0 Å². The lowest BCUT2D eigenvalue weighted by Gasteiger charge is -2.27. The first-order chi connectivity index (χ1) is 9.72. The summed E-state index contributed by atoms with van der Waals surface area (Å²) in [7, 11) is 0. The topological polar surface area (TPSA) is 30.5 Å². The second-order valence-electron chi connectivity index (χ2n) is 5.22. The molecule has 0 saturated heterocycles. The van der Waals surface area contributed by atoms with Crippen molar-refractivity contribution in [1.29, 1.82) is 0 Å². The zero-order valence-electron chi connectivity index (χ0n) is 11.8. The van der Waals surface area contributed by atoms with Gasteiger partial charge in [0.05, 0.1) is 18.3 Å². The molecule has 0 spiro atoms. The van der Waals surface area contributed by atoms with Crippen molar-refractivity contribution < 1.29 is 9.47 Å². The lowest BCUT2D eigenvalue weighted by atomic mass is 10.1. The van der Waals surface area contributed by atoms with Crippen molar-refractivity contribution in [1.82, 2.24) is 0 Å². The Kier molecular flexibility index (Phi) is 3.50. The van der Waals surface area contributed by atoms with Crippen LogP contribution in [0.25, 0.3) is 0 Å². The van der Waals surface area contributed by atoms with E-state index in [1.807, 2.05) is 50.2 Å². The molecule has 104 valence electrons. The number of para-hydroxylation sites is 2. The summed E-state index contributed by atoms with van der Waals surface area (Å²) >= 11 is 0. The van der Waals surface area contributed by atoms with E-state index in [1.165, 1.54) is 0 Å². The van der Waals surface area contributed by atoms with Crippen LogP contribution in [0.15, 0.2) is 48.5 Å². The lowest BCUT2D eigenvalue weighted by molar-refractivity contribution is 0.210. The Balaban J connectivity index is 1.74. The highest BCUT2D eigenvalue weighted by Crippen LogP contribution is 2.34. The predicted molar refractivity (Wildman–Crippen MR) is 80.5 cm³/mol. The summed E-state index contributed by atoms with van der Waals surface area (Å²) in [5, 5.41) is 3.40. The first kappa shape index (κ1) is 12.9. The fourth-order valence-corrected chi connectivity index (χ4v) is 2.33. The molecular weight excluding hydrogens is 250 g/mol. The maximum Gasteiger partial charge on any atom is 0.143 e. The third-order valence-corrected chi connectivity index (χ3v) is 3.26. The van der Waals surface area contributed by atoms with Gasteiger partial charge in [-0.1, -0.05) is 24.3 Å². The number of benzene rings is 2. The Morgan fingerprint density at radius 1 is 1.10 bits per heavy atom. The van der Waals surface area contributed by atoms with Gasteiger partial charge in [0, 0.05) is 0 Å². The largest absolute Gasteiger partial charge is 0.491 e. The van der Waals surface area contributed by atoms with Gasteiger partial charge < -0.3 is 14.8 Å². The van der Waals surface area contributed by atoms with E-state index in [1.54, 1.807) is 0 Å². The van der Waals surface area contributed by atoms with Crippen LogP contribution in [0.3, 0.4) is 0 Å². The molecule has 1 heterocycles. The average molecular weight is 269 g/mol. The molecule has 3 nitrogen and oxygen atoms in total. The maximum absolute atomic E-state index is 6.04. The number of hydrogen-bond donors (Lipinski definition) is 1. The molecule has 1 aliphatic heterocycles. The van der Waals surface area contributed by atoms with E-state index in [2.05, 4.69) is 17.4 Å². The fraction of sp³-hybridized carbons (Fsp3) is 0.294. The Bertz CT molecular complexity index is 578. The van der Waals surface area contributed by atoms with Crippen molar-refractivity contribution in [3.8, 4) is 11.5 Å². The van der Waals surface area contributed by atoms with Crippen molar-refractivity contribution in [2.24, 2.45) is 0 Å². The molecule has 0 aliphatic carbocycles. The first-order valence-corrected chi connectivity index (χ1v) is 6.98. The smallest absolute Gasteiger partial charge is 0.143 e. The predicted octanol–water partition coefficient (Wildman–Crippen LogP) is 4.02. The summed E-state index contributed by atoms with van der Waals surface area (Å²) in [5.74, 6) is 1.80. The van der Waals surface area contributed by atoms with E-state index in [4.69, 9.17) is 9.47 Å². The van der Waals surface area contributed by atoms with Gasteiger partial charge in [-0.2, -0.15) is 0 Å². The molecule has 0 fully saturated rings. The summed E-state index contributed by atoms with van der Waals surface area (Å²) < 4.78 is 11.7. The second-order valence-corrected chi connectivity index (χ2v) is 5.22. The van der Waals surface area contributed by atoms with Gasteiger partial charge in [0.25, 0.3) is 0 Å². The molecule has 1 unspecified atom stereocenters. The van der Waals surface area contributed by atoms with E-state index < -0.39 is 0 Å². The molecule has 0 bridgehead atoms. The zero-order valence-corrected chi connectivity index (χ0v) is 11.8. The van der Waals surface area contributed by atoms with Crippen LogP contribution < -0.4 is 14.8 Å². The summed E-state index contributed by atoms with van der Waals surface area (Å²) in [5.41, 5.74) is 2.21. The van der Waals surface area contributed by atoms with Crippen LogP contribution in [-0.2, 0) is 0 Å². The molecule has 0 radical (unpaired) electrons. The maximum atomic E-state index is 6.04. The minimum atomic E-state index is 0.0398. The Labute approximate surface area is 119 Å². The van der Waals surface area contributed by atoms with Gasteiger partial charge in [0.15, 0.2) is 0 Å². The minimum absolute atomic E-state index is 0.0398. The quantitative estimate of drug-likeness (QED) is 0.913. The summed E-state index contributed by atoms with van der Waals surface area (Å²) in [6.45, 7) is 4.83. The molecule has 1 aliphatic rings. The third kappa shape index (κ3) is 2.72. The first-order valence-electron chi connectivity index (χ1n) is 6.98. The molecule has 1 atom stereocenters. The van der Waals surface area contributed by atoms with Gasteiger partial charge in [-0.25, -0.2) is 0 Å². The van der Waals surface area contributed by atoms with Crippen molar-refractivity contribution in [3.63, 3.8) is 0 Å². The van der Waals surface area contributed by atoms with E-state index >= 15 is 0 Å². The van der Waals surface area contributed by atoms with E-state index in [0.717, 1.165) is 29.3 Å². The molecular formula is C17H19NO2. The third-order valence-electron chi connectivity index (χ3n) is 3.26. The highest BCUT2D eigenvalue weighted by atomic mass is 16.5. The van der Waals surface area contributed by atoms with Crippen molar-refractivity contribution in [2.75, 3.05) is 11.9 Å². The van der Waals surface area contributed by atoms with Gasteiger partial charge in [0.1, 0.15) is 17.6 Å². The standard InChI is InChI=1S/C17H19NO2/c1-12(2)19-14-9-7-13(8-10-14)17-11-18-15-5-3-4-6-16(15)20-17/h3-10,12,17-18H,11H2,1-2H3. The Morgan fingerprint density at radius 2 is 1.85 bits per heavy atom. The second kappa shape index (κ2) is 5.45. The van der Waals surface area contributed by atoms with Crippen molar-refractivity contribution in [2.45, 2.75) is 26.1 Å². The zero-order chi connectivity index (χ0) is 13.9. The monoisotopic (exact) mass is 269 g/mol. The van der Waals surface area contributed by atoms with Crippen LogP contribution in [0, 0.1) is 0 Å². The SMILES string of the molecule is CC(C)Oc1ccc(C2CNc3ccccc3O2)cc1. The number of hydrogen-bond acceptors (Lipinski definition) is 3. The van der Waals surface area contributed by atoms with Crippen LogP contribution in [0.2, 0.25) is 0 Å². The summed E-state index contributed by atoms with van der Waals surface area (Å²) in [4.78, 5) is 0. The van der Waals surface area contributed by atoms with Gasteiger partial charge >= 0.3 is 0 Å². The molecule has 20 heavy (non-hydrogen) atoms. The van der Waals surface area contributed by atoms with Crippen LogP contribution in [0.1, 0.15) is 25.5 Å². The highest BCUT2D eigenvalue weighted by molar-refractivity contribution is 5.58.